The van der Waals surface area contributed by atoms with E-state index in [1.54, 1.807) is 42.5 Å². The summed E-state index contributed by atoms with van der Waals surface area (Å²) in [4.78, 5) is 53.2. The SMILES string of the molecule is COC(=O)c1ccccc1Cn1c(=O)c2sc3ccccc3c2n(CC(=O)Nc2ccc(OC)cc2OC)c1=O. The summed E-state index contributed by atoms with van der Waals surface area (Å²) in [7, 11) is 4.25. The van der Waals surface area contributed by atoms with Crippen molar-refractivity contribution in [3.63, 3.8) is 0 Å². The Balaban J connectivity index is 1.63. The van der Waals surface area contributed by atoms with Gasteiger partial charge in [0.2, 0.25) is 5.91 Å². The molecular weight excluding hydrogens is 534 g/mol. The van der Waals surface area contributed by atoms with Gasteiger partial charge in [0.15, 0.2) is 0 Å². The number of rotatable bonds is 8. The average molecular weight is 560 g/mol. The third-order valence-electron chi connectivity index (χ3n) is 6.48. The van der Waals surface area contributed by atoms with E-state index < -0.39 is 23.1 Å². The highest BCUT2D eigenvalue weighted by Gasteiger charge is 2.22. The average Bonchev–Trinajstić information content (AvgIpc) is 3.37. The first-order chi connectivity index (χ1) is 19.4. The van der Waals surface area contributed by atoms with Crippen LogP contribution in [0.3, 0.4) is 0 Å². The second kappa shape index (κ2) is 11.1. The highest BCUT2D eigenvalue weighted by Crippen LogP contribution is 2.32. The van der Waals surface area contributed by atoms with Crippen molar-refractivity contribution in [1.29, 1.82) is 0 Å². The zero-order valence-electron chi connectivity index (χ0n) is 21.9. The Hall–Kier alpha value is -4.90. The predicted octanol–water partition coefficient (Wildman–Crippen LogP) is 3.87. The largest absolute Gasteiger partial charge is 0.497 e. The fourth-order valence-electron chi connectivity index (χ4n) is 4.55. The molecule has 2 aromatic heterocycles. The predicted molar refractivity (Wildman–Crippen MR) is 153 cm³/mol. The van der Waals surface area contributed by atoms with E-state index in [4.69, 9.17) is 14.2 Å². The molecule has 0 atom stereocenters. The smallest absolute Gasteiger partial charge is 0.338 e. The number of nitrogens with zero attached hydrogens (tertiary/aromatic N) is 2. The number of esters is 1. The summed E-state index contributed by atoms with van der Waals surface area (Å²) in [6.07, 6.45) is 0. The van der Waals surface area contributed by atoms with Crippen LogP contribution in [0.25, 0.3) is 20.3 Å². The molecule has 0 fully saturated rings. The molecule has 5 aromatic rings. The minimum atomic E-state index is -0.683. The number of amides is 1. The maximum absolute atomic E-state index is 13.9. The molecule has 1 amide bonds. The molecule has 204 valence electrons. The number of nitrogens with one attached hydrogen (secondary N) is 1. The van der Waals surface area contributed by atoms with E-state index in [0.717, 1.165) is 9.27 Å². The van der Waals surface area contributed by atoms with Gasteiger partial charge in [0.1, 0.15) is 22.7 Å². The molecule has 0 aliphatic carbocycles. The molecule has 11 heteroatoms. The number of thiophene rings is 1. The Morgan fingerprint density at radius 1 is 0.900 bits per heavy atom. The van der Waals surface area contributed by atoms with Gasteiger partial charge in [-0.2, -0.15) is 0 Å². The van der Waals surface area contributed by atoms with Crippen molar-refractivity contribution in [2.24, 2.45) is 0 Å². The van der Waals surface area contributed by atoms with Gasteiger partial charge in [-0.05, 0) is 29.8 Å². The Morgan fingerprint density at radius 3 is 2.40 bits per heavy atom. The van der Waals surface area contributed by atoms with Crippen molar-refractivity contribution in [3.8, 4) is 11.5 Å². The highest BCUT2D eigenvalue weighted by molar-refractivity contribution is 7.25. The lowest BCUT2D eigenvalue weighted by molar-refractivity contribution is -0.116. The van der Waals surface area contributed by atoms with Crippen LogP contribution in [0, 0.1) is 0 Å². The number of aromatic nitrogens is 2. The minimum absolute atomic E-state index is 0.180. The second-order valence-electron chi connectivity index (χ2n) is 8.80. The third kappa shape index (κ3) is 4.82. The van der Waals surface area contributed by atoms with E-state index >= 15 is 0 Å². The molecule has 0 aliphatic heterocycles. The van der Waals surface area contributed by atoms with Gasteiger partial charge in [-0.1, -0.05) is 36.4 Å². The zero-order chi connectivity index (χ0) is 28.4. The number of carbonyl (C=O) groups is 2. The van der Waals surface area contributed by atoms with E-state index in [0.29, 0.717) is 38.4 Å². The van der Waals surface area contributed by atoms with E-state index in [-0.39, 0.29) is 18.7 Å². The first-order valence-electron chi connectivity index (χ1n) is 12.2. The number of ether oxygens (including phenoxy) is 3. The lowest BCUT2D eigenvalue weighted by Gasteiger charge is -2.15. The van der Waals surface area contributed by atoms with Crippen LogP contribution in [0.1, 0.15) is 15.9 Å². The first-order valence-corrected chi connectivity index (χ1v) is 13.0. The van der Waals surface area contributed by atoms with Gasteiger partial charge in [-0.3, -0.25) is 18.7 Å². The summed E-state index contributed by atoms with van der Waals surface area (Å²) >= 11 is 1.24. The molecule has 10 nitrogen and oxygen atoms in total. The van der Waals surface area contributed by atoms with Crippen molar-refractivity contribution in [1.82, 2.24) is 9.13 Å². The Morgan fingerprint density at radius 2 is 1.65 bits per heavy atom. The molecule has 2 heterocycles. The number of hydrogen-bond acceptors (Lipinski definition) is 8. The van der Waals surface area contributed by atoms with Gasteiger partial charge in [-0.15, -0.1) is 11.3 Å². The maximum atomic E-state index is 13.9. The van der Waals surface area contributed by atoms with Crippen molar-refractivity contribution in [3.05, 3.63) is 98.7 Å². The quantitative estimate of drug-likeness (QED) is 0.287. The number of anilines is 1. The summed E-state index contributed by atoms with van der Waals surface area (Å²) in [6.45, 7) is -0.550. The van der Waals surface area contributed by atoms with Crippen LogP contribution in [-0.2, 0) is 22.6 Å². The van der Waals surface area contributed by atoms with E-state index in [2.05, 4.69) is 5.32 Å². The summed E-state index contributed by atoms with van der Waals surface area (Å²) in [5, 5.41) is 3.47. The minimum Gasteiger partial charge on any atom is -0.497 e. The van der Waals surface area contributed by atoms with Crippen LogP contribution in [-0.4, -0.2) is 42.3 Å². The van der Waals surface area contributed by atoms with Gasteiger partial charge in [-0.25, -0.2) is 9.59 Å². The summed E-state index contributed by atoms with van der Waals surface area (Å²) in [5.74, 6) is -0.144. The van der Waals surface area contributed by atoms with Gasteiger partial charge in [0.25, 0.3) is 5.56 Å². The van der Waals surface area contributed by atoms with Crippen LogP contribution in [0.15, 0.2) is 76.3 Å². The van der Waals surface area contributed by atoms with Gasteiger partial charge >= 0.3 is 11.7 Å². The fourth-order valence-corrected chi connectivity index (χ4v) is 5.71. The fraction of sp³-hybridized carbons (Fsp3) is 0.172. The third-order valence-corrected chi connectivity index (χ3v) is 7.62. The number of carbonyl (C=O) groups excluding carboxylic acids is 2. The Labute approximate surface area is 231 Å². The summed E-state index contributed by atoms with van der Waals surface area (Å²) in [6, 6.07) is 18.9. The topological polar surface area (TPSA) is 118 Å². The van der Waals surface area contributed by atoms with Crippen LogP contribution < -0.4 is 26.0 Å². The van der Waals surface area contributed by atoms with Crippen LogP contribution in [0.2, 0.25) is 0 Å². The normalized spacial score (nSPS) is 11.0. The number of hydrogen-bond donors (Lipinski definition) is 1. The van der Waals surface area contributed by atoms with Crippen LogP contribution >= 0.6 is 11.3 Å². The maximum Gasteiger partial charge on any atom is 0.338 e. The monoisotopic (exact) mass is 559 g/mol. The zero-order valence-corrected chi connectivity index (χ0v) is 22.7. The van der Waals surface area contributed by atoms with Crippen LogP contribution in [0.4, 0.5) is 5.69 Å². The Bertz CT molecular complexity index is 1890. The molecule has 5 rings (SSSR count). The van der Waals surface area contributed by atoms with E-state index in [1.165, 1.54) is 37.2 Å². The van der Waals surface area contributed by atoms with Gasteiger partial charge in [0, 0.05) is 16.2 Å². The molecule has 0 unspecified atom stereocenters. The molecule has 1 N–H and O–H groups in total. The number of methoxy groups -OCH3 is 3. The molecule has 0 saturated heterocycles. The summed E-state index contributed by atoms with van der Waals surface area (Å²) in [5.41, 5.74) is 0.265. The molecular formula is C29H25N3O7S. The van der Waals surface area contributed by atoms with Crippen LogP contribution in [0.5, 0.6) is 11.5 Å². The first kappa shape index (κ1) is 26.7. The molecule has 0 spiro atoms. The molecule has 0 aliphatic rings. The molecule has 0 bridgehead atoms. The van der Waals surface area contributed by atoms with Gasteiger partial charge < -0.3 is 19.5 Å². The van der Waals surface area contributed by atoms with Crippen molar-refractivity contribution >= 4 is 49.2 Å². The molecule has 0 saturated carbocycles. The summed E-state index contributed by atoms with van der Waals surface area (Å²) < 4.78 is 18.9. The van der Waals surface area contributed by atoms with Crippen molar-refractivity contribution in [2.45, 2.75) is 13.1 Å². The number of benzene rings is 3. The standard InChI is InChI=1S/C29H25N3O7S/c1-37-18-12-13-21(22(14-18)38-2)30-24(33)16-31-25-20-10-6-7-11-23(20)40-26(25)27(34)32(29(31)36)15-17-8-4-5-9-19(17)28(35)39-3/h4-14H,15-16H2,1-3H3,(H,30,33). The molecule has 0 radical (unpaired) electrons. The van der Waals surface area contributed by atoms with Crippen molar-refractivity contribution in [2.75, 3.05) is 26.6 Å². The highest BCUT2D eigenvalue weighted by atomic mass is 32.1. The lowest BCUT2D eigenvalue weighted by Crippen LogP contribution is -2.41. The Kier molecular flexibility index (Phi) is 7.39. The van der Waals surface area contributed by atoms with Crippen molar-refractivity contribution < 1.29 is 23.8 Å². The van der Waals surface area contributed by atoms with E-state index in [1.807, 2.05) is 24.3 Å². The number of fused-ring (bicyclic) bond motifs is 3. The molecule has 3 aromatic carbocycles. The van der Waals surface area contributed by atoms with E-state index in [9.17, 15) is 19.2 Å². The lowest BCUT2D eigenvalue weighted by atomic mass is 10.1. The second-order valence-corrected chi connectivity index (χ2v) is 9.85. The molecule has 40 heavy (non-hydrogen) atoms. The van der Waals surface area contributed by atoms with Gasteiger partial charge in [0.05, 0.1) is 44.6 Å².